The van der Waals surface area contributed by atoms with Gasteiger partial charge in [0.25, 0.3) is 0 Å². The van der Waals surface area contributed by atoms with E-state index < -0.39 is 0 Å². The Labute approximate surface area is 92.1 Å². The van der Waals surface area contributed by atoms with Crippen LogP contribution in [0.15, 0.2) is 0 Å². The van der Waals surface area contributed by atoms with Crippen LogP contribution >= 0.6 is 0 Å². The Balaban J connectivity index is 1.82. The lowest BCUT2D eigenvalue weighted by Crippen LogP contribution is -2.34. The minimum atomic E-state index is 0.345. The first-order valence-corrected chi connectivity index (χ1v) is 9.33. The molecule has 0 unspecified atom stereocenters. The molecule has 2 rings (SSSR count). The molecule has 2 aliphatic heterocycles. The Kier molecular flexibility index (Phi) is 4.15. The van der Waals surface area contributed by atoms with Crippen LogP contribution in [0.2, 0.25) is 30.5 Å². The van der Waals surface area contributed by atoms with Gasteiger partial charge in [0.2, 0.25) is 0 Å². The molecular weight excluding hydrogens is 183 g/mol. The van der Waals surface area contributed by atoms with E-state index in [1.807, 2.05) is 0 Å². The molecule has 0 aromatic heterocycles. The third-order valence-electron chi connectivity index (χ3n) is 4.65. The molecule has 2 heteroatoms. The molecule has 0 nitrogen and oxygen atoms in total. The molecule has 2 fully saturated rings. The molecule has 0 aromatic carbocycles. The SMILES string of the molecule is C[SiH2]CCCB1C2CCCC1CCC2. The Morgan fingerprint density at radius 3 is 2.14 bits per heavy atom. The van der Waals surface area contributed by atoms with Crippen molar-refractivity contribution < 1.29 is 0 Å². The lowest BCUT2D eigenvalue weighted by molar-refractivity contribution is 0.441. The normalized spacial score (nSPS) is 32.8. The van der Waals surface area contributed by atoms with Crippen molar-refractivity contribution in [2.24, 2.45) is 0 Å². The van der Waals surface area contributed by atoms with Gasteiger partial charge in [0.1, 0.15) is 6.71 Å². The van der Waals surface area contributed by atoms with Crippen LogP contribution in [0.25, 0.3) is 0 Å². The fourth-order valence-electron chi connectivity index (χ4n) is 3.92. The van der Waals surface area contributed by atoms with Gasteiger partial charge in [-0.25, -0.2) is 0 Å². The average molecular weight is 208 g/mol. The van der Waals surface area contributed by atoms with E-state index in [-0.39, 0.29) is 0 Å². The molecule has 0 aromatic rings. The second kappa shape index (κ2) is 5.39. The van der Waals surface area contributed by atoms with E-state index in [9.17, 15) is 0 Å². The molecule has 0 saturated carbocycles. The van der Waals surface area contributed by atoms with E-state index in [0.717, 1.165) is 18.3 Å². The van der Waals surface area contributed by atoms with Gasteiger partial charge >= 0.3 is 0 Å². The highest BCUT2D eigenvalue weighted by molar-refractivity contribution is 6.62. The molecule has 2 aliphatic rings. The topological polar surface area (TPSA) is 0 Å². The first-order valence-electron chi connectivity index (χ1n) is 6.92. The van der Waals surface area contributed by atoms with E-state index in [0.29, 0.717) is 9.52 Å². The van der Waals surface area contributed by atoms with E-state index in [1.54, 1.807) is 57.3 Å². The molecule has 2 heterocycles. The van der Waals surface area contributed by atoms with Gasteiger partial charge in [0, 0.05) is 9.52 Å². The average Bonchev–Trinajstić information content (AvgIpc) is 2.17. The van der Waals surface area contributed by atoms with Crippen molar-refractivity contribution in [1.82, 2.24) is 0 Å². The maximum atomic E-state index is 2.46. The first kappa shape index (κ1) is 10.8. The van der Waals surface area contributed by atoms with Gasteiger partial charge in [-0.1, -0.05) is 75.5 Å². The fourth-order valence-corrected chi connectivity index (χ4v) is 4.70. The Morgan fingerprint density at radius 2 is 1.64 bits per heavy atom. The van der Waals surface area contributed by atoms with Crippen molar-refractivity contribution >= 4 is 16.2 Å². The van der Waals surface area contributed by atoms with Gasteiger partial charge in [-0.3, -0.25) is 0 Å². The smallest absolute Gasteiger partial charge is 0.0748 e. The lowest BCUT2D eigenvalue weighted by Gasteiger charge is -2.40. The van der Waals surface area contributed by atoms with Crippen LogP contribution in [0, 0.1) is 0 Å². The zero-order chi connectivity index (χ0) is 9.80. The first-order chi connectivity index (χ1) is 6.92. The summed E-state index contributed by atoms with van der Waals surface area (Å²) in [6, 6.07) is 1.61. The minimum absolute atomic E-state index is 0.345. The molecule has 80 valence electrons. The summed E-state index contributed by atoms with van der Waals surface area (Å²) in [6.07, 6.45) is 12.6. The maximum absolute atomic E-state index is 2.46. The molecular formula is C12H25BSi. The molecule has 0 spiro atoms. The van der Waals surface area contributed by atoms with Gasteiger partial charge in [-0.2, -0.15) is 0 Å². The molecule has 0 aliphatic carbocycles. The highest BCUT2D eigenvalue weighted by Crippen LogP contribution is 2.48. The van der Waals surface area contributed by atoms with Crippen LogP contribution in [0.1, 0.15) is 44.9 Å². The summed E-state index contributed by atoms with van der Waals surface area (Å²) in [4.78, 5) is 0. The summed E-state index contributed by atoms with van der Waals surface area (Å²) < 4.78 is 0. The summed E-state index contributed by atoms with van der Waals surface area (Å²) >= 11 is 0. The molecule has 2 saturated heterocycles. The van der Waals surface area contributed by atoms with E-state index >= 15 is 0 Å². The van der Waals surface area contributed by atoms with Crippen LogP contribution in [-0.2, 0) is 0 Å². The van der Waals surface area contributed by atoms with Crippen molar-refractivity contribution in [1.29, 1.82) is 0 Å². The number of rotatable bonds is 4. The molecule has 0 atom stereocenters. The molecule has 0 N–H and O–H groups in total. The van der Waals surface area contributed by atoms with E-state index in [4.69, 9.17) is 0 Å². The predicted molar refractivity (Wildman–Crippen MR) is 69.6 cm³/mol. The highest BCUT2D eigenvalue weighted by Gasteiger charge is 2.37. The summed E-state index contributed by atoms with van der Waals surface area (Å²) in [6.45, 7) is 3.62. The molecule has 0 radical (unpaired) electrons. The Bertz CT molecular complexity index is 150. The summed E-state index contributed by atoms with van der Waals surface area (Å²) in [7, 11) is 0.345. The second-order valence-electron chi connectivity index (χ2n) is 5.54. The molecule has 2 bridgehead atoms. The largest absolute Gasteiger partial charge is 0.146 e. The second-order valence-corrected chi connectivity index (χ2v) is 7.25. The van der Waals surface area contributed by atoms with Gasteiger partial charge in [-0.05, 0) is 0 Å². The van der Waals surface area contributed by atoms with Crippen LogP contribution in [0.3, 0.4) is 0 Å². The van der Waals surface area contributed by atoms with Gasteiger partial charge in [0.05, 0.1) is 0 Å². The maximum Gasteiger partial charge on any atom is 0.146 e. The van der Waals surface area contributed by atoms with Gasteiger partial charge in [-0.15, -0.1) is 0 Å². The van der Waals surface area contributed by atoms with Crippen molar-refractivity contribution in [3.05, 3.63) is 0 Å². The number of hydrogen-bond donors (Lipinski definition) is 0. The van der Waals surface area contributed by atoms with Gasteiger partial charge in [0.15, 0.2) is 0 Å². The zero-order valence-electron chi connectivity index (χ0n) is 9.80. The van der Waals surface area contributed by atoms with Crippen LogP contribution in [0.5, 0.6) is 0 Å². The summed E-state index contributed by atoms with van der Waals surface area (Å²) in [5, 5.41) is 0. The quantitative estimate of drug-likeness (QED) is 0.489. The number of fused-ring (bicyclic) bond motifs is 2. The summed E-state index contributed by atoms with van der Waals surface area (Å²) in [5.41, 5.74) is 0. The minimum Gasteiger partial charge on any atom is -0.0748 e. The molecule has 14 heavy (non-hydrogen) atoms. The van der Waals surface area contributed by atoms with Crippen LogP contribution in [0.4, 0.5) is 0 Å². The Morgan fingerprint density at radius 1 is 1.07 bits per heavy atom. The van der Waals surface area contributed by atoms with E-state index in [2.05, 4.69) is 6.55 Å². The monoisotopic (exact) mass is 208 g/mol. The predicted octanol–water partition coefficient (Wildman–Crippen LogP) is 3.61. The lowest BCUT2D eigenvalue weighted by atomic mass is 9.26. The third kappa shape index (κ3) is 2.45. The number of hydrogen-bond acceptors (Lipinski definition) is 0. The molecule has 0 amide bonds. The van der Waals surface area contributed by atoms with Crippen LogP contribution in [-0.4, -0.2) is 16.2 Å². The van der Waals surface area contributed by atoms with Crippen LogP contribution < -0.4 is 0 Å². The standard InChI is InChI=1S/C12H25BSi/c1-14-10-4-9-13-11-5-2-6-12(13)8-3-7-11/h11-12H,2-10,14H2,1H3. The Hall–Kier alpha value is 0.282. The third-order valence-corrected chi connectivity index (χ3v) is 5.86. The van der Waals surface area contributed by atoms with Crippen molar-refractivity contribution in [2.45, 2.75) is 75.5 Å². The van der Waals surface area contributed by atoms with Crippen molar-refractivity contribution in [3.63, 3.8) is 0 Å². The van der Waals surface area contributed by atoms with E-state index in [1.165, 1.54) is 0 Å². The van der Waals surface area contributed by atoms with Gasteiger partial charge < -0.3 is 0 Å². The van der Waals surface area contributed by atoms with Crippen molar-refractivity contribution in [3.8, 4) is 0 Å². The fraction of sp³-hybridized carbons (Fsp3) is 1.00. The highest BCUT2D eigenvalue weighted by atomic mass is 28.2. The zero-order valence-corrected chi connectivity index (χ0v) is 11.2. The van der Waals surface area contributed by atoms with Crippen molar-refractivity contribution in [2.75, 3.05) is 0 Å². The summed E-state index contributed by atoms with van der Waals surface area (Å²) in [5.74, 6) is 2.31.